The van der Waals surface area contributed by atoms with E-state index in [1.54, 1.807) is 17.9 Å². The predicted molar refractivity (Wildman–Crippen MR) is 80.7 cm³/mol. The molecule has 0 aliphatic carbocycles. The molecule has 7 heteroatoms. The van der Waals surface area contributed by atoms with E-state index in [9.17, 15) is 9.59 Å². The molecule has 0 spiro atoms. The third kappa shape index (κ3) is 4.73. The number of aryl methyl sites for hydroxylation is 1. The van der Waals surface area contributed by atoms with Crippen LogP contribution in [0.2, 0.25) is 0 Å². The maximum Gasteiger partial charge on any atom is 0.331 e. The minimum atomic E-state index is -0.275. The van der Waals surface area contributed by atoms with Crippen molar-refractivity contribution in [3.63, 3.8) is 0 Å². The largest absolute Gasteiger partial charge is 0.382 e. The summed E-state index contributed by atoms with van der Waals surface area (Å²) < 4.78 is 13.5. The van der Waals surface area contributed by atoms with Gasteiger partial charge in [-0.2, -0.15) is 0 Å². The number of aromatic nitrogens is 2. The lowest BCUT2D eigenvalue weighted by Crippen LogP contribution is -2.41. The Kier molecular flexibility index (Phi) is 7.32. The third-order valence-electron chi connectivity index (χ3n) is 2.55. The van der Waals surface area contributed by atoms with E-state index in [4.69, 9.17) is 9.47 Å². The molecule has 1 heterocycles. The molecule has 0 fully saturated rings. The minimum Gasteiger partial charge on any atom is -0.382 e. The van der Waals surface area contributed by atoms with Gasteiger partial charge in [0, 0.05) is 19.9 Å². The highest BCUT2D eigenvalue weighted by Crippen LogP contribution is 1.95. The summed E-state index contributed by atoms with van der Waals surface area (Å²) in [4.78, 5) is 24.0. The molecule has 19 heavy (non-hydrogen) atoms. The molecule has 0 atom stereocenters. The number of methoxy groups -OCH3 is 1. The zero-order valence-electron chi connectivity index (χ0n) is 11.2. The Balaban J connectivity index is 2.81. The third-order valence-corrected chi connectivity index (χ3v) is 3.29. The first kappa shape index (κ1) is 16.4. The van der Waals surface area contributed by atoms with Gasteiger partial charge in [-0.3, -0.25) is 13.9 Å². The molecule has 1 aromatic heterocycles. The molecule has 6 nitrogen and oxygen atoms in total. The molecular formula is C12H19IN2O4. The molecule has 0 N–H and O–H groups in total. The first-order valence-electron chi connectivity index (χ1n) is 6.18. The van der Waals surface area contributed by atoms with E-state index < -0.39 is 0 Å². The van der Waals surface area contributed by atoms with Crippen molar-refractivity contribution in [1.82, 2.24) is 9.13 Å². The van der Waals surface area contributed by atoms with Gasteiger partial charge < -0.3 is 9.47 Å². The molecule has 0 aliphatic heterocycles. The van der Waals surface area contributed by atoms with Crippen molar-refractivity contribution in [3.05, 3.63) is 30.6 Å². The van der Waals surface area contributed by atoms with E-state index in [0.717, 1.165) is 6.42 Å². The lowest BCUT2D eigenvalue weighted by Gasteiger charge is -2.10. The smallest absolute Gasteiger partial charge is 0.331 e. The van der Waals surface area contributed by atoms with Crippen molar-refractivity contribution >= 4 is 22.6 Å². The number of rotatable bonds is 8. The van der Waals surface area contributed by atoms with Crippen molar-refractivity contribution in [3.8, 4) is 0 Å². The lowest BCUT2D eigenvalue weighted by atomic mass is 10.4. The van der Waals surface area contributed by atoms with E-state index in [1.165, 1.54) is 4.57 Å². The Labute approximate surface area is 125 Å². The summed E-state index contributed by atoms with van der Waals surface area (Å²) in [6.07, 6.45) is 2.45. The van der Waals surface area contributed by atoms with E-state index >= 15 is 0 Å². The average molecular weight is 382 g/mol. The normalized spacial score (nSPS) is 10.9. The van der Waals surface area contributed by atoms with Crippen LogP contribution < -0.4 is 11.2 Å². The molecule has 0 radical (unpaired) electrons. The lowest BCUT2D eigenvalue weighted by molar-refractivity contribution is 0.0656. The summed E-state index contributed by atoms with van der Waals surface area (Å²) in [5, 5.41) is 0. The fourth-order valence-corrected chi connectivity index (χ4v) is 2.24. The van der Waals surface area contributed by atoms with Crippen LogP contribution in [-0.4, -0.2) is 36.1 Å². The van der Waals surface area contributed by atoms with Crippen LogP contribution in [-0.2, 0) is 22.6 Å². The van der Waals surface area contributed by atoms with Gasteiger partial charge in [0.25, 0.3) is 5.56 Å². The van der Waals surface area contributed by atoms with Crippen molar-refractivity contribution in [2.45, 2.75) is 26.4 Å². The Hall–Kier alpha value is -0.670. The van der Waals surface area contributed by atoms with Gasteiger partial charge in [0.1, 0.15) is 0 Å². The zero-order valence-corrected chi connectivity index (χ0v) is 13.4. The summed E-state index contributed by atoms with van der Waals surface area (Å²) in [7, 11) is 1.59. The minimum absolute atomic E-state index is 0.256. The molecule has 0 bridgehead atoms. The van der Waals surface area contributed by atoms with Gasteiger partial charge in [-0.25, -0.2) is 4.79 Å². The standard InChI is InChI=1S/C12H19IN2O4/c1-3-4-14-9-10(13)11(16)15(12(14)17)5-6-19-8-7-18-2/h9H,3-8H2,1-2H3. The SMILES string of the molecule is CCCn1cc(I)c(=O)n(CCOCCOC)c1=O. The van der Waals surface area contributed by atoms with Gasteiger partial charge in [0.2, 0.25) is 0 Å². The maximum atomic E-state index is 12.1. The Morgan fingerprint density at radius 1 is 1.21 bits per heavy atom. The number of ether oxygens (including phenoxy) is 2. The highest BCUT2D eigenvalue weighted by Gasteiger charge is 2.08. The first-order chi connectivity index (χ1) is 9.11. The van der Waals surface area contributed by atoms with Crippen LogP contribution in [0.5, 0.6) is 0 Å². The van der Waals surface area contributed by atoms with Crippen LogP contribution in [0.25, 0.3) is 0 Å². The molecule has 108 valence electrons. The summed E-state index contributed by atoms with van der Waals surface area (Å²) >= 11 is 1.95. The highest BCUT2D eigenvalue weighted by molar-refractivity contribution is 14.1. The van der Waals surface area contributed by atoms with Gasteiger partial charge in [0.05, 0.1) is 29.9 Å². The topological polar surface area (TPSA) is 62.5 Å². The van der Waals surface area contributed by atoms with Crippen LogP contribution in [0.4, 0.5) is 0 Å². The predicted octanol–water partition coefficient (Wildman–Crippen LogP) is 0.688. The zero-order chi connectivity index (χ0) is 14.3. The van der Waals surface area contributed by atoms with Gasteiger partial charge in [0.15, 0.2) is 0 Å². The molecule has 1 aromatic rings. The number of halogens is 1. The van der Waals surface area contributed by atoms with Crippen LogP contribution in [0.1, 0.15) is 13.3 Å². The first-order valence-corrected chi connectivity index (χ1v) is 7.26. The summed E-state index contributed by atoms with van der Waals surface area (Å²) in [5.41, 5.74) is -0.532. The van der Waals surface area contributed by atoms with Gasteiger partial charge in [-0.05, 0) is 29.0 Å². The molecule has 0 amide bonds. The molecule has 0 unspecified atom stereocenters. The van der Waals surface area contributed by atoms with Crippen molar-refractivity contribution in [1.29, 1.82) is 0 Å². The molecular weight excluding hydrogens is 363 g/mol. The maximum absolute atomic E-state index is 12.1. The van der Waals surface area contributed by atoms with Gasteiger partial charge in [-0.15, -0.1) is 0 Å². The summed E-state index contributed by atoms with van der Waals surface area (Å²) in [6.45, 7) is 4.15. The van der Waals surface area contributed by atoms with Crippen LogP contribution in [0.15, 0.2) is 15.8 Å². The fraction of sp³-hybridized carbons (Fsp3) is 0.667. The average Bonchev–Trinajstić information content (AvgIpc) is 2.39. The van der Waals surface area contributed by atoms with E-state index in [1.807, 2.05) is 29.5 Å². The number of hydrogen-bond acceptors (Lipinski definition) is 4. The molecule has 0 saturated carbocycles. The molecule has 0 aliphatic rings. The Morgan fingerprint density at radius 2 is 1.95 bits per heavy atom. The van der Waals surface area contributed by atoms with Crippen LogP contribution in [0.3, 0.4) is 0 Å². The van der Waals surface area contributed by atoms with E-state index in [-0.39, 0.29) is 17.8 Å². The van der Waals surface area contributed by atoms with Crippen molar-refractivity contribution < 1.29 is 9.47 Å². The fourth-order valence-electron chi connectivity index (χ4n) is 1.62. The molecule has 0 saturated heterocycles. The van der Waals surface area contributed by atoms with E-state index in [0.29, 0.717) is 29.9 Å². The van der Waals surface area contributed by atoms with Crippen LogP contribution in [0, 0.1) is 3.57 Å². The second-order valence-corrected chi connectivity index (χ2v) is 5.18. The molecule has 0 aromatic carbocycles. The van der Waals surface area contributed by atoms with Crippen LogP contribution >= 0.6 is 22.6 Å². The Morgan fingerprint density at radius 3 is 2.58 bits per heavy atom. The second-order valence-electron chi connectivity index (χ2n) is 4.01. The highest BCUT2D eigenvalue weighted by atomic mass is 127. The monoisotopic (exact) mass is 382 g/mol. The molecule has 1 rings (SSSR count). The van der Waals surface area contributed by atoms with Gasteiger partial charge in [-0.1, -0.05) is 6.92 Å². The van der Waals surface area contributed by atoms with Crippen molar-refractivity contribution in [2.75, 3.05) is 26.9 Å². The summed E-state index contributed by atoms with van der Waals surface area (Å²) in [6, 6.07) is 0. The van der Waals surface area contributed by atoms with Gasteiger partial charge >= 0.3 is 5.69 Å². The van der Waals surface area contributed by atoms with Crippen molar-refractivity contribution in [2.24, 2.45) is 0 Å². The second kappa shape index (κ2) is 8.49. The Bertz CT molecular complexity index is 509. The quantitative estimate of drug-likeness (QED) is 0.490. The number of nitrogens with zero attached hydrogens (tertiary/aromatic N) is 2. The van der Waals surface area contributed by atoms with E-state index in [2.05, 4.69) is 0 Å². The summed E-state index contributed by atoms with van der Waals surface area (Å²) in [5.74, 6) is 0. The number of hydrogen-bond donors (Lipinski definition) is 0.